The van der Waals surface area contributed by atoms with Gasteiger partial charge in [0.25, 0.3) is 0 Å². The Morgan fingerprint density at radius 1 is 1.07 bits per heavy atom. The second-order valence-electron chi connectivity index (χ2n) is 4.11. The first-order chi connectivity index (χ1) is 6.86. The second kappa shape index (κ2) is 7.21. The van der Waals surface area contributed by atoms with Crippen LogP contribution < -0.4 is 0 Å². The largest absolute Gasteiger partial charge is 0.385 e. The van der Waals surface area contributed by atoms with Crippen molar-refractivity contribution in [3.05, 3.63) is 0 Å². The summed E-state index contributed by atoms with van der Waals surface area (Å²) in [5, 5.41) is 0. The van der Waals surface area contributed by atoms with Crippen LogP contribution in [0.1, 0.15) is 19.3 Å². The van der Waals surface area contributed by atoms with Crippen LogP contribution in [0.4, 0.5) is 0 Å². The molecule has 0 aliphatic carbocycles. The van der Waals surface area contributed by atoms with E-state index < -0.39 is 0 Å². The number of ether oxygens (including phenoxy) is 2. The fraction of sp³-hybridized carbons (Fsp3) is 1.00. The molecule has 0 spiro atoms. The lowest BCUT2D eigenvalue weighted by atomic mass is 9.94. The summed E-state index contributed by atoms with van der Waals surface area (Å²) < 4.78 is 10.1. The third kappa shape index (κ3) is 4.40. The van der Waals surface area contributed by atoms with Crippen molar-refractivity contribution in [2.24, 2.45) is 5.92 Å². The maximum Gasteiger partial charge on any atom is 0.0589 e. The Hall–Kier alpha value is -0.120. The van der Waals surface area contributed by atoms with Gasteiger partial charge in [0, 0.05) is 40.5 Å². The molecule has 1 saturated heterocycles. The van der Waals surface area contributed by atoms with E-state index in [0.717, 1.165) is 25.7 Å². The van der Waals surface area contributed by atoms with Crippen LogP contribution in [0.15, 0.2) is 0 Å². The molecule has 1 aliphatic heterocycles. The Morgan fingerprint density at radius 2 is 1.79 bits per heavy atom. The molecule has 1 fully saturated rings. The average molecular weight is 201 g/mol. The molecule has 0 N–H and O–H groups in total. The van der Waals surface area contributed by atoms with Gasteiger partial charge in [0.15, 0.2) is 0 Å². The van der Waals surface area contributed by atoms with Gasteiger partial charge >= 0.3 is 0 Å². The number of rotatable bonds is 8. The molecular weight excluding hydrogens is 178 g/mol. The zero-order valence-corrected chi connectivity index (χ0v) is 9.50. The van der Waals surface area contributed by atoms with Crippen LogP contribution in [-0.4, -0.2) is 52.0 Å². The van der Waals surface area contributed by atoms with Crippen molar-refractivity contribution in [2.75, 3.05) is 47.1 Å². The highest BCUT2D eigenvalue weighted by atomic mass is 16.5. The van der Waals surface area contributed by atoms with Crippen molar-refractivity contribution < 1.29 is 9.47 Å². The van der Waals surface area contributed by atoms with Crippen LogP contribution in [-0.2, 0) is 9.47 Å². The Labute approximate surface area is 87.4 Å². The first-order valence-corrected chi connectivity index (χ1v) is 5.57. The quantitative estimate of drug-likeness (QED) is 0.554. The molecule has 0 amide bonds. The van der Waals surface area contributed by atoms with Gasteiger partial charge in [-0.15, -0.1) is 0 Å². The van der Waals surface area contributed by atoms with Gasteiger partial charge in [-0.1, -0.05) is 6.42 Å². The monoisotopic (exact) mass is 201 g/mol. The molecule has 1 rings (SSSR count). The summed E-state index contributed by atoms with van der Waals surface area (Å²) in [4.78, 5) is 2.46. The Bertz CT molecular complexity index is 132. The van der Waals surface area contributed by atoms with Crippen molar-refractivity contribution >= 4 is 0 Å². The third-order valence-corrected chi connectivity index (χ3v) is 2.86. The molecule has 3 nitrogen and oxygen atoms in total. The number of unbranched alkanes of at least 4 members (excludes halogenated alkanes) is 1. The Kier molecular flexibility index (Phi) is 6.15. The zero-order chi connectivity index (χ0) is 10.2. The minimum absolute atomic E-state index is 0.871. The smallest absolute Gasteiger partial charge is 0.0589 e. The van der Waals surface area contributed by atoms with Crippen molar-refractivity contribution in [3.8, 4) is 0 Å². The lowest BCUT2D eigenvalue weighted by Gasteiger charge is -2.39. The maximum absolute atomic E-state index is 5.04. The number of hydrogen-bond donors (Lipinski definition) is 0. The average Bonchev–Trinajstić information content (AvgIpc) is 2.14. The molecule has 0 atom stereocenters. The maximum atomic E-state index is 5.04. The predicted octanol–water partition coefficient (Wildman–Crippen LogP) is 1.38. The standard InChI is InChI=1S/C11H23NO2/c1-13-7-4-3-5-11-9-12(10-11)6-8-14-2/h11H,3-10H2,1-2H3. The fourth-order valence-corrected chi connectivity index (χ4v) is 1.94. The molecule has 84 valence electrons. The van der Waals surface area contributed by atoms with Crippen molar-refractivity contribution in [1.29, 1.82) is 0 Å². The summed E-state index contributed by atoms with van der Waals surface area (Å²) in [6.45, 7) is 5.44. The highest BCUT2D eigenvalue weighted by Gasteiger charge is 2.24. The molecule has 0 aromatic rings. The van der Waals surface area contributed by atoms with Crippen molar-refractivity contribution in [3.63, 3.8) is 0 Å². The van der Waals surface area contributed by atoms with E-state index in [2.05, 4.69) is 4.90 Å². The molecule has 0 radical (unpaired) electrons. The number of methoxy groups -OCH3 is 2. The topological polar surface area (TPSA) is 21.7 Å². The number of likely N-dealkylation sites (tertiary alicyclic amines) is 1. The second-order valence-corrected chi connectivity index (χ2v) is 4.11. The van der Waals surface area contributed by atoms with E-state index in [0.29, 0.717) is 0 Å². The summed E-state index contributed by atoms with van der Waals surface area (Å²) >= 11 is 0. The molecule has 1 aliphatic rings. The first-order valence-electron chi connectivity index (χ1n) is 5.57. The van der Waals surface area contributed by atoms with Gasteiger partial charge in [-0.25, -0.2) is 0 Å². The van der Waals surface area contributed by atoms with E-state index >= 15 is 0 Å². The molecule has 0 unspecified atom stereocenters. The lowest BCUT2D eigenvalue weighted by molar-refractivity contribution is 0.0584. The minimum Gasteiger partial charge on any atom is -0.385 e. The summed E-state index contributed by atoms with van der Waals surface area (Å²) in [6, 6.07) is 0. The van der Waals surface area contributed by atoms with Crippen LogP contribution >= 0.6 is 0 Å². The Morgan fingerprint density at radius 3 is 2.43 bits per heavy atom. The molecular formula is C11H23NO2. The van der Waals surface area contributed by atoms with Gasteiger partial charge in [0.1, 0.15) is 0 Å². The van der Waals surface area contributed by atoms with E-state index in [1.54, 1.807) is 14.2 Å². The molecule has 0 bridgehead atoms. The Balaban J connectivity index is 1.84. The summed E-state index contributed by atoms with van der Waals surface area (Å²) in [7, 11) is 3.54. The normalized spacial score (nSPS) is 18.4. The highest BCUT2D eigenvalue weighted by molar-refractivity contribution is 4.79. The highest BCUT2D eigenvalue weighted by Crippen LogP contribution is 2.20. The number of hydrogen-bond acceptors (Lipinski definition) is 3. The molecule has 0 aromatic carbocycles. The summed E-state index contributed by atoms with van der Waals surface area (Å²) in [5.74, 6) is 0.934. The van der Waals surface area contributed by atoms with Crippen molar-refractivity contribution in [2.45, 2.75) is 19.3 Å². The minimum atomic E-state index is 0.871. The van der Waals surface area contributed by atoms with Gasteiger partial charge in [-0.05, 0) is 18.8 Å². The van der Waals surface area contributed by atoms with Gasteiger partial charge in [-0.3, -0.25) is 0 Å². The van der Waals surface area contributed by atoms with Crippen LogP contribution in [0, 0.1) is 5.92 Å². The van der Waals surface area contributed by atoms with Crippen LogP contribution in [0.5, 0.6) is 0 Å². The summed E-state index contributed by atoms with van der Waals surface area (Å²) in [6.07, 6.45) is 3.90. The molecule has 3 heteroatoms. The SMILES string of the molecule is COCCCCC1CN(CCOC)C1. The van der Waals surface area contributed by atoms with E-state index in [9.17, 15) is 0 Å². The van der Waals surface area contributed by atoms with E-state index in [1.807, 2.05) is 0 Å². The lowest BCUT2D eigenvalue weighted by Crippen LogP contribution is -2.47. The molecule has 0 aromatic heterocycles. The van der Waals surface area contributed by atoms with Gasteiger partial charge in [-0.2, -0.15) is 0 Å². The molecule has 0 saturated carbocycles. The predicted molar refractivity (Wildman–Crippen MR) is 57.5 cm³/mol. The zero-order valence-electron chi connectivity index (χ0n) is 9.50. The van der Waals surface area contributed by atoms with Crippen LogP contribution in [0.2, 0.25) is 0 Å². The van der Waals surface area contributed by atoms with E-state index in [1.165, 1.54) is 32.4 Å². The fourth-order valence-electron chi connectivity index (χ4n) is 1.94. The molecule has 14 heavy (non-hydrogen) atoms. The van der Waals surface area contributed by atoms with E-state index in [-0.39, 0.29) is 0 Å². The van der Waals surface area contributed by atoms with Gasteiger partial charge < -0.3 is 14.4 Å². The van der Waals surface area contributed by atoms with Gasteiger partial charge in [0.05, 0.1) is 6.61 Å². The van der Waals surface area contributed by atoms with E-state index in [4.69, 9.17) is 9.47 Å². The van der Waals surface area contributed by atoms with Crippen LogP contribution in [0.3, 0.4) is 0 Å². The molecule has 1 heterocycles. The number of nitrogens with zero attached hydrogens (tertiary/aromatic N) is 1. The van der Waals surface area contributed by atoms with Crippen molar-refractivity contribution in [1.82, 2.24) is 4.90 Å². The van der Waals surface area contributed by atoms with Gasteiger partial charge in [0.2, 0.25) is 0 Å². The first kappa shape index (κ1) is 12.0. The van der Waals surface area contributed by atoms with Crippen LogP contribution in [0.25, 0.3) is 0 Å². The summed E-state index contributed by atoms with van der Waals surface area (Å²) in [5.41, 5.74) is 0. The third-order valence-electron chi connectivity index (χ3n) is 2.86.